The Morgan fingerprint density at radius 3 is 1.00 bits per heavy atom. The Hall–Kier alpha value is -0.917. The maximum Gasteiger partial charge on any atom is 0.313 e. The Morgan fingerprint density at radius 1 is 0.629 bits per heavy atom. The van der Waals surface area contributed by atoms with Crippen LogP contribution >= 0.6 is 0 Å². The fourth-order valence-corrected chi connectivity index (χ4v) is 1.60. The molecule has 9 heteroatoms. The second kappa shape index (κ2) is 27.7. The van der Waals surface area contributed by atoms with Gasteiger partial charge in [0.15, 0.2) is 0 Å². The van der Waals surface area contributed by atoms with Gasteiger partial charge < -0.3 is 19.7 Å². The Balaban J connectivity index is -0.000000122. The number of unbranched alkanes of at least 4 members (excludes halogenated alkanes) is 2. The van der Waals surface area contributed by atoms with Gasteiger partial charge in [0.25, 0.3) is 0 Å². The molecule has 0 aromatic carbocycles. The first-order valence-corrected chi connectivity index (χ1v) is 12.1. The topological polar surface area (TPSA) is 127 Å². The molecule has 0 fully saturated rings. The van der Waals surface area contributed by atoms with E-state index in [0.29, 0.717) is 13.2 Å². The number of esters is 2. The molecule has 0 rings (SSSR count). The van der Waals surface area contributed by atoms with E-state index in [9.17, 15) is 19.2 Å². The molecule has 0 aromatic heterocycles. The van der Waals surface area contributed by atoms with Gasteiger partial charge in [-0.15, -0.1) is 0 Å². The molecule has 0 saturated heterocycles. The first-order chi connectivity index (χ1) is 15.7. The van der Waals surface area contributed by atoms with Crippen molar-refractivity contribution in [1.82, 2.24) is 0 Å². The summed E-state index contributed by atoms with van der Waals surface area (Å²) in [7, 11) is 2.57. The SMILES string of the molecule is CCC(C)(C)C(=O)CC(=O)OC.CCC(C)(C)C(=O)CC(=O)OC.CCCCO.CCCCO.[Zr]. The van der Waals surface area contributed by atoms with E-state index in [1.165, 1.54) is 14.2 Å². The van der Waals surface area contributed by atoms with Gasteiger partial charge >= 0.3 is 11.9 Å². The third-order valence-electron chi connectivity index (χ3n) is 5.37. The smallest absolute Gasteiger partial charge is 0.313 e. The van der Waals surface area contributed by atoms with Crippen LogP contribution in [0.3, 0.4) is 0 Å². The van der Waals surface area contributed by atoms with E-state index >= 15 is 0 Å². The molecule has 0 aliphatic rings. The van der Waals surface area contributed by atoms with Crippen LogP contribution in [0.15, 0.2) is 0 Å². The number of ether oxygens (including phenoxy) is 2. The van der Waals surface area contributed by atoms with Crippen molar-refractivity contribution in [3.8, 4) is 0 Å². The van der Waals surface area contributed by atoms with Gasteiger partial charge in [0.2, 0.25) is 0 Å². The third-order valence-corrected chi connectivity index (χ3v) is 5.37. The molecule has 0 aromatic rings. The van der Waals surface area contributed by atoms with Crippen LogP contribution in [0.4, 0.5) is 0 Å². The first kappa shape index (κ1) is 44.1. The molecule has 0 atom stereocenters. The average Bonchev–Trinajstić information content (AvgIpc) is 2.80. The van der Waals surface area contributed by atoms with Crippen LogP contribution in [0.1, 0.15) is 107 Å². The Morgan fingerprint density at radius 2 is 0.886 bits per heavy atom. The number of ketones is 2. The van der Waals surface area contributed by atoms with Crippen molar-refractivity contribution in [2.75, 3.05) is 27.4 Å². The van der Waals surface area contributed by atoms with Gasteiger partial charge in [-0.1, -0.05) is 68.2 Å². The minimum absolute atomic E-state index is 0. The summed E-state index contributed by atoms with van der Waals surface area (Å²) < 4.78 is 8.80. The zero-order chi connectivity index (χ0) is 27.8. The average molecular weight is 584 g/mol. The normalized spacial score (nSPS) is 9.94. The standard InChI is InChI=1S/2C9H16O3.2C4H10O.Zr/c2*1-5-9(2,3)7(10)6-8(11)12-4;2*1-2-3-4-5;/h2*5-6H2,1-4H3;2*5H,2-4H2,1H3;. The van der Waals surface area contributed by atoms with Crippen molar-refractivity contribution in [3.63, 3.8) is 0 Å². The van der Waals surface area contributed by atoms with Gasteiger partial charge in [-0.05, 0) is 25.7 Å². The maximum absolute atomic E-state index is 11.4. The van der Waals surface area contributed by atoms with E-state index in [-0.39, 0.29) is 50.6 Å². The molecule has 0 radical (unpaired) electrons. The molecule has 0 amide bonds. The Labute approximate surface area is 233 Å². The summed E-state index contributed by atoms with van der Waals surface area (Å²) in [6.45, 7) is 16.0. The number of Topliss-reactive ketones (excluding diaryl/α,β-unsaturated/α-hetero) is 2. The van der Waals surface area contributed by atoms with Crippen LogP contribution in [0.25, 0.3) is 0 Å². The van der Waals surface area contributed by atoms with Gasteiger partial charge in [-0.2, -0.15) is 0 Å². The van der Waals surface area contributed by atoms with Crippen molar-refractivity contribution in [2.45, 2.75) is 107 Å². The summed E-state index contributed by atoms with van der Waals surface area (Å²) in [5.41, 5.74) is -0.817. The predicted molar refractivity (Wildman–Crippen MR) is 135 cm³/mol. The molecule has 0 heterocycles. The van der Waals surface area contributed by atoms with Crippen molar-refractivity contribution < 1.29 is 65.1 Å². The summed E-state index contributed by atoms with van der Waals surface area (Å²) in [6, 6.07) is 0. The van der Waals surface area contributed by atoms with Crippen molar-refractivity contribution in [2.24, 2.45) is 10.8 Å². The third kappa shape index (κ3) is 29.2. The van der Waals surface area contributed by atoms with Crippen LogP contribution in [-0.4, -0.2) is 61.2 Å². The first-order valence-electron chi connectivity index (χ1n) is 12.1. The monoisotopic (exact) mass is 582 g/mol. The van der Waals surface area contributed by atoms with Gasteiger partial charge in [-0.25, -0.2) is 0 Å². The van der Waals surface area contributed by atoms with Crippen LogP contribution in [0, 0.1) is 10.8 Å². The molecule has 8 nitrogen and oxygen atoms in total. The minimum atomic E-state index is -0.457. The molecule has 2 N–H and O–H groups in total. The molecule has 208 valence electrons. The molecule has 0 bridgehead atoms. The van der Waals surface area contributed by atoms with E-state index in [2.05, 4.69) is 23.3 Å². The van der Waals surface area contributed by atoms with E-state index in [4.69, 9.17) is 10.2 Å². The number of aliphatic hydroxyl groups is 2. The summed E-state index contributed by atoms with van der Waals surface area (Å²) in [6.07, 6.45) is 5.33. The Kier molecular flexibility index (Phi) is 34.9. The number of aliphatic hydroxyl groups excluding tert-OH is 2. The van der Waals surface area contributed by atoms with Gasteiger partial charge in [0, 0.05) is 50.2 Å². The summed E-state index contributed by atoms with van der Waals surface area (Å²) in [5.74, 6) is -1.03. The summed E-state index contributed by atoms with van der Waals surface area (Å²) in [5, 5.41) is 16.1. The molecule has 0 saturated carbocycles. The number of hydrogen-bond donors (Lipinski definition) is 2. The fraction of sp³-hybridized carbons (Fsp3) is 0.846. The fourth-order valence-electron chi connectivity index (χ4n) is 1.60. The number of rotatable bonds is 12. The predicted octanol–water partition coefficient (Wildman–Crippen LogP) is 4.66. The molecule has 35 heavy (non-hydrogen) atoms. The molecule has 0 aliphatic heterocycles. The van der Waals surface area contributed by atoms with Crippen LogP contribution in [0.2, 0.25) is 0 Å². The summed E-state index contributed by atoms with van der Waals surface area (Å²) in [4.78, 5) is 44.2. The number of methoxy groups -OCH3 is 2. The zero-order valence-corrected chi connectivity index (χ0v) is 26.4. The zero-order valence-electron chi connectivity index (χ0n) is 23.9. The molecule has 0 aliphatic carbocycles. The Bertz CT molecular complexity index is 493. The van der Waals surface area contributed by atoms with Crippen LogP contribution < -0.4 is 0 Å². The van der Waals surface area contributed by atoms with Crippen molar-refractivity contribution >= 4 is 23.5 Å². The molecule has 0 unspecified atom stereocenters. The van der Waals surface area contributed by atoms with Gasteiger partial charge in [0.1, 0.15) is 24.4 Å². The largest absolute Gasteiger partial charge is 0.469 e. The van der Waals surface area contributed by atoms with Gasteiger partial charge in [0.05, 0.1) is 14.2 Å². The van der Waals surface area contributed by atoms with Crippen LogP contribution in [-0.2, 0) is 54.9 Å². The van der Waals surface area contributed by atoms with E-state index in [0.717, 1.165) is 38.5 Å². The maximum atomic E-state index is 11.4. The van der Waals surface area contributed by atoms with E-state index < -0.39 is 22.8 Å². The molecular weight excluding hydrogens is 532 g/mol. The number of carbonyl (C=O) groups excluding carboxylic acids is 4. The molecule has 0 spiro atoms. The second-order valence-electron chi connectivity index (χ2n) is 8.98. The summed E-state index contributed by atoms with van der Waals surface area (Å²) >= 11 is 0. The van der Waals surface area contributed by atoms with Crippen molar-refractivity contribution in [1.29, 1.82) is 0 Å². The minimum Gasteiger partial charge on any atom is -0.469 e. The number of carbonyl (C=O) groups is 4. The van der Waals surface area contributed by atoms with E-state index in [1.54, 1.807) is 0 Å². The second-order valence-corrected chi connectivity index (χ2v) is 8.98. The van der Waals surface area contributed by atoms with Crippen LogP contribution in [0.5, 0.6) is 0 Å². The number of hydrogen-bond acceptors (Lipinski definition) is 8. The molecular formula is C26H52O8Zr. The van der Waals surface area contributed by atoms with Crippen molar-refractivity contribution in [3.05, 3.63) is 0 Å². The van der Waals surface area contributed by atoms with E-state index in [1.807, 2.05) is 41.5 Å². The van der Waals surface area contributed by atoms with Gasteiger partial charge in [-0.3, -0.25) is 19.2 Å². The quantitative estimate of drug-likeness (QED) is 0.251.